The second-order valence-corrected chi connectivity index (χ2v) is 5.47. The van der Waals surface area contributed by atoms with Crippen LogP contribution in [-0.4, -0.2) is 31.1 Å². The van der Waals surface area contributed by atoms with E-state index in [4.69, 9.17) is 34.8 Å². The predicted molar refractivity (Wildman–Crippen MR) is 74.3 cm³/mol. The maximum Gasteiger partial charge on any atom is 0.0641 e. The molecule has 1 aliphatic rings. The number of rotatable bonds is 2. The highest BCUT2D eigenvalue weighted by atomic mass is 35.5. The molecule has 1 aliphatic heterocycles. The lowest BCUT2D eigenvalue weighted by molar-refractivity contribution is 0.185. The zero-order valence-corrected chi connectivity index (χ0v) is 11.9. The molecule has 0 aromatic heterocycles. The van der Waals surface area contributed by atoms with Crippen molar-refractivity contribution in [2.75, 3.05) is 26.2 Å². The summed E-state index contributed by atoms with van der Waals surface area (Å²) in [7, 11) is 0. The Morgan fingerprint density at radius 2 is 1.82 bits per heavy atom. The summed E-state index contributed by atoms with van der Waals surface area (Å²) in [5.41, 5.74) is 1.01. The van der Waals surface area contributed by atoms with Crippen LogP contribution in [0.2, 0.25) is 15.1 Å². The Hall–Kier alpha value is 0.01000. The summed E-state index contributed by atoms with van der Waals surface area (Å²) in [6.45, 7) is 6.19. The first-order valence-corrected chi connectivity index (χ1v) is 6.82. The number of nitrogens with zero attached hydrogens (tertiary/aromatic N) is 1. The maximum atomic E-state index is 6.25. The third kappa shape index (κ3) is 3.07. The highest BCUT2D eigenvalue weighted by Crippen LogP contribution is 2.35. The average Bonchev–Trinajstić information content (AvgIpc) is 2.34. The average molecular weight is 294 g/mol. The Kier molecular flexibility index (Phi) is 4.56. The van der Waals surface area contributed by atoms with Crippen LogP contribution in [0.3, 0.4) is 0 Å². The predicted octanol–water partition coefficient (Wildman–Crippen LogP) is 3.61. The summed E-state index contributed by atoms with van der Waals surface area (Å²) in [6, 6.07) is 3.82. The van der Waals surface area contributed by atoms with Crippen molar-refractivity contribution in [3.63, 3.8) is 0 Å². The Bertz CT molecular complexity index is 403. The molecule has 1 fully saturated rings. The minimum atomic E-state index is 0.237. The molecular formula is C12H15Cl3N2. The fourth-order valence-electron chi connectivity index (χ4n) is 2.15. The van der Waals surface area contributed by atoms with Gasteiger partial charge in [0, 0.05) is 37.2 Å². The normalized spacial score (nSPS) is 19.3. The minimum Gasteiger partial charge on any atom is -0.314 e. The van der Waals surface area contributed by atoms with Gasteiger partial charge in [-0.05, 0) is 24.6 Å². The minimum absolute atomic E-state index is 0.237. The van der Waals surface area contributed by atoms with Crippen molar-refractivity contribution in [2.24, 2.45) is 0 Å². The van der Waals surface area contributed by atoms with Crippen LogP contribution in [0.15, 0.2) is 12.1 Å². The molecule has 0 radical (unpaired) electrons. The van der Waals surface area contributed by atoms with Gasteiger partial charge in [-0.15, -0.1) is 0 Å². The number of hydrogen-bond donors (Lipinski definition) is 1. The van der Waals surface area contributed by atoms with Crippen molar-refractivity contribution in [1.82, 2.24) is 10.2 Å². The Morgan fingerprint density at radius 3 is 2.47 bits per heavy atom. The molecule has 1 atom stereocenters. The first kappa shape index (κ1) is 13.4. The van der Waals surface area contributed by atoms with Crippen molar-refractivity contribution >= 4 is 34.8 Å². The lowest BCUT2D eigenvalue weighted by Crippen LogP contribution is -2.44. The second kappa shape index (κ2) is 5.77. The van der Waals surface area contributed by atoms with Crippen molar-refractivity contribution < 1.29 is 0 Å². The van der Waals surface area contributed by atoms with Gasteiger partial charge in [-0.3, -0.25) is 4.90 Å². The molecule has 0 spiro atoms. The number of halogens is 3. The Morgan fingerprint density at radius 1 is 1.18 bits per heavy atom. The Labute approximate surface area is 117 Å². The summed E-state index contributed by atoms with van der Waals surface area (Å²) in [6.07, 6.45) is 0. The van der Waals surface area contributed by atoms with Gasteiger partial charge in [0.2, 0.25) is 0 Å². The monoisotopic (exact) mass is 292 g/mol. The molecule has 0 bridgehead atoms. The van der Waals surface area contributed by atoms with Crippen LogP contribution in [0, 0.1) is 0 Å². The fourth-order valence-corrected chi connectivity index (χ4v) is 2.92. The van der Waals surface area contributed by atoms with Crippen LogP contribution in [0.1, 0.15) is 18.5 Å². The lowest BCUT2D eigenvalue weighted by Gasteiger charge is -2.33. The molecule has 5 heteroatoms. The van der Waals surface area contributed by atoms with Crippen molar-refractivity contribution in [1.29, 1.82) is 0 Å². The number of piperazine rings is 1. The van der Waals surface area contributed by atoms with E-state index in [9.17, 15) is 0 Å². The zero-order chi connectivity index (χ0) is 12.4. The van der Waals surface area contributed by atoms with Gasteiger partial charge in [0.25, 0.3) is 0 Å². The smallest absolute Gasteiger partial charge is 0.0641 e. The first-order valence-electron chi connectivity index (χ1n) is 5.69. The largest absolute Gasteiger partial charge is 0.314 e. The van der Waals surface area contributed by atoms with E-state index >= 15 is 0 Å². The summed E-state index contributed by atoms with van der Waals surface area (Å²) in [5.74, 6) is 0. The van der Waals surface area contributed by atoms with Crippen LogP contribution in [0.5, 0.6) is 0 Å². The van der Waals surface area contributed by atoms with E-state index in [-0.39, 0.29) is 6.04 Å². The van der Waals surface area contributed by atoms with Crippen LogP contribution in [0.25, 0.3) is 0 Å². The van der Waals surface area contributed by atoms with Gasteiger partial charge >= 0.3 is 0 Å². The lowest BCUT2D eigenvalue weighted by atomic mass is 10.1. The number of nitrogens with one attached hydrogen (secondary N) is 1. The van der Waals surface area contributed by atoms with Gasteiger partial charge in [0.1, 0.15) is 0 Å². The van der Waals surface area contributed by atoms with Crippen LogP contribution in [0.4, 0.5) is 0 Å². The van der Waals surface area contributed by atoms with Gasteiger partial charge in [0.15, 0.2) is 0 Å². The van der Waals surface area contributed by atoms with Crippen molar-refractivity contribution in [2.45, 2.75) is 13.0 Å². The molecule has 0 unspecified atom stereocenters. The van der Waals surface area contributed by atoms with E-state index in [1.54, 1.807) is 6.07 Å². The van der Waals surface area contributed by atoms with E-state index in [0.29, 0.717) is 15.1 Å². The standard InChI is InChI=1S/C12H15Cl3N2/c1-8(17-4-2-16-3-5-17)10-6-9(13)7-11(14)12(10)15/h6-8,16H,2-5H2,1H3/t8-/m0/s1. The molecule has 1 aromatic carbocycles. The molecule has 0 aliphatic carbocycles. The van der Waals surface area contributed by atoms with E-state index < -0.39 is 0 Å². The van der Waals surface area contributed by atoms with E-state index in [1.165, 1.54) is 0 Å². The third-order valence-corrected chi connectivity index (χ3v) is 4.21. The van der Waals surface area contributed by atoms with Crippen LogP contribution < -0.4 is 5.32 Å². The highest BCUT2D eigenvalue weighted by molar-refractivity contribution is 6.43. The van der Waals surface area contributed by atoms with Crippen molar-refractivity contribution in [3.05, 3.63) is 32.8 Å². The molecule has 17 heavy (non-hydrogen) atoms. The van der Waals surface area contributed by atoms with Gasteiger partial charge < -0.3 is 5.32 Å². The van der Waals surface area contributed by atoms with Gasteiger partial charge in [-0.2, -0.15) is 0 Å². The zero-order valence-electron chi connectivity index (χ0n) is 9.64. The van der Waals surface area contributed by atoms with E-state index in [2.05, 4.69) is 17.1 Å². The second-order valence-electron chi connectivity index (χ2n) is 4.25. The molecule has 94 valence electrons. The SMILES string of the molecule is C[C@@H](c1cc(Cl)cc(Cl)c1Cl)N1CCNCC1. The van der Waals surface area contributed by atoms with E-state index in [1.807, 2.05) is 6.07 Å². The van der Waals surface area contributed by atoms with E-state index in [0.717, 1.165) is 31.7 Å². The van der Waals surface area contributed by atoms with Gasteiger partial charge in [0.05, 0.1) is 10.0 Å². The molecule has 1 N–H and O–H groups in total. The first-order chi connectivity index (χ1) is 8.09. The molecule has 0 saturated carbocycles. The highest BCUT2D eigenvalue weighted by Gasteiger charge is 2.21. The summed E-state index contributed by atoms with van der Waals surface area (Å²) in [4.78, 5) is 2.38. The molecule has 2 nitrogen and oxygen atoms in total. The fraction of sp³-hybridized carbons (Fsp3) is 0.500. The molecule has 2 rings (SSSR count). The maximum absolute atomic E-state index is 6.25. The number of benzene rings is 1. The summed E-state index contributed by atoms with van der Waals surface area (Å²) in [5, 5.41) is 5.10. The van der Waals surface area contributed by atoms with Crippen molar-refractivity contribution in [3.8, 4) is 0 Å². The van der Waals surface area contributed by atoms with Crippen LogP contribution >= 0.6 is 34.8 Å². The topological polar surface area (TPSA) is 15.3 Å². The molecular weight excluding hydrogens is 279 g/mol. The molecule has 1 aromatic rings. The van der Waals surface area contributed by atoms with Gasteiger partial charge in [-0.25, -0.2) is 0 Å². The Balaban J connectivity index is 2.26. The molecule has 0 amide bonds. The third-order valence-electron chi connectivity index (χ3n) is 3.17. The molecule has 1 heterocycles. The quantitative estimate of drug-likeness (QED) is 0.838. The van der Waals surface area contributed by atoms with Crippen LogP contribution in [-0.2, 0) is 0 Å². The summed E-state index contributed by atoms with van der Waals surface area (Å²) < 4.78 is 0. The molecule has 1 saturated heterocycles. The number of hydrogen-bond acceptors (Lipinski definition) is 2. The summed E-state index contributed by atoms with van der Waals surface area (Å²) >= 11 is 18.3. The van der Waals surface area contributed by atoms with Gasteiger partial charge in [-0.1, -0.05) is 34.8 Å².